The lowest BCUT2D eigenvalue weighted by atomic mass is 9.60. The normalized spacial score (nSPS) is 24.4. The van der Waals surface area contributed by atoms with E-state index in [-0.39, 0.29) is 29.9 Å². The molecular weight excluding hydrogens is 526 g/mol. The summed E-state index contributed by atoms with van der Waals surface area (Å²) in [5.74, 6) is -0.669. The zero-order chi connectivity index (χ0) is 26.6. The maximum absolute atomic E-state index is 13.6. The van der Waals surface area contributed by atoms with Crippen LogP contribution < -0.4 is 20.1 Å². The molecule has 200 valence electrons. The number of rotatable bonds is 10. The number of carbonyl (C=O) groups is 2. The van der Waals surface area contributed by atoms with E-state index in [2.05, 4.69) is 10.6 Å². The second kappa shape index (κ2) is 11.4. The Labute approximate surface area is 224 Å². The largest absolute Gasteiger partial charge is 0.484 e. The Balaban J connectivity index is 1.27. The molecule has 2 amide bonds. The van der Waals surface area contributed by atoms with Gasteiger partial charge in [-0.15, -0.1) is 0 Å². The van der Waals surface area contributed by atoms with Crippen LogP contribution in [0.3, 0.4) is 0 Å². The fourth-order valence-electron chi connectivity index (χ4n) is 5.08. The van der Waals surface area contributed by atoms with Crippen molar-refractivity contribution in [1.82, 2.24) is 10.6 Å². The van der Waals surface area contributed by atoms with Gasteiger partial charge in [0.1, 0.15) is 17.3 Å². The van der Waals surface area contributed by atoms with Gasteiger partial charge in [0.15, 0.2) is 13.2 Å². The number of hydrogen-bond donors (Lipinski definition) is 3. The Bertz CT molecular complexity index is 1160. The van der Waals surface area contributed by atoms with Crippen molar-refractivity contribution in [1.29, 1.82) is 0 Å². The van der Waals surface area contributed by atoms with Crippen LogP contribution in [0.25, 0.3) is 0 Å². The molecule has 3 aliphatic rings. The van der Waals surface area contributed by atoms with Gasteiger partial charge in [-0.2, -0.15) is 0 Å². The summed E-state index contributed by atoms with van der Waals surface area (Å²) in [6, 6.07) is 9.03. The van der Waals surface area contributed by atoms with Crippen molar-refractivity contribution in [2.75, 3.05) is 20.3 Å². The van der Waals surface area contributed by atoms with E-state index in [4.69, 9.17) is 37.4 Å². The van der Waals surface area contributed by atoms with Crippen molar-refractivity contribution in [3.05, 3.63) is 57.8 Å². The third kappa shape index (κ3) is 6.46. The zero-order valence-electron chi connectivity index (χ0n) is 20.3. The molecule has 0 heterocycles. The highest BCUT2D eigenvalue weighted by molar-refractivity contribution is 6.31. The molecule has 11 heteroatoms. The number of methoxy groups -OCH3 is 1. The quantitative estimate of drug-likeness (QED) is 0.412. The van der Waals surface area contributed by atoms with E-state index < -0.39 is 28.9 Å². The number of hydrogen-bond acceptors (Lipinski definition) is 6. The van der Waals surface area contributed by atoms with Crippen molar-refractivity contribution in [3.63, 3.8) is 0 Å². The number of nitrogens with one attached hydrogen (secondary N) is 2. The van der Waals surface area contributed by atoms with Crippen LogP contribution >= 0.6 is 23.2 Å². The van der Waals surface area contributed by atoms with Crippen LogP contribution in [0.4, 0.5) is 4.39 Å². The van der Waals surface area contributed by atoms with E-state index in [0.29, 0.717) is 49.5 Å². The van der Waals surface area contributed by atoms with Crippen LogP contribution in [-0.2, 0) is 20.9 Å². The summed E-state index contributed by atoms with van der Waals surface area (Å²) in [4.78, 5) is 25.2. The predicted molar refractivity (Wildman–Crippen MR) is 135 cm³/mol. The van der Waals surface area contributed by atoms with Crippen LogP contribution in [0.15, 0.2) is 36.4 Å². The Kier molecular flexibility index (Phi) is 8.48. The molecule has 5 rings (SSSR count). The third-order valence-electron chi connectivity index (χ3n) is 7.06. The van der Waals surface area contributed by atoms with Gasteiger partial charge in [-0.3, -0.25) is 9.59 Å². The minimum atomic E-state index is -0.846. The molecule has 0 saturated heterocycles. The lowest BCUT2D eigenvalue weighted by Crippen LogP contribution is -2.70. The van der Waals surface area contributed by atoms with Crippen LogP contribution in [0.1, 0.15) is 37.7 Å². The van der Waals surface area contributed by atoms with Crippen molar-refractivity contribution < 1.29 is 33.3 Å². The number of fused-ring (bicyclic) bond motifs is 3. The lowest BCUT2D eigenvalue weighted by Gasteiger charge is -2.56. The fraction of sp³-hybridized carbons (Fsp3) is 0.462. The van der Waals surface area contributed by atoms with E-state index >= 15 is 0 Å². The standard InChI is InChI=1S/C26H29Cl2FN2O6/c1-35-13-16-10-17(2-4-19(16)27)36-14-23(33)30-25-6-8-26(9-7-25,22(32)12-25)31-24(34)15-37-18-3-5-20(28)21(29)11-18/h2-5,10-11,22,32H,6-9,12-15H2,1H3,(H,30,33)(H,31,34)/t22-,25?,26?/m0/s1. The molecule has 8 nitrogen and oxygen atoms in total. The highest BCUT2D eigenvalue weighted by atomic mass is 35.5. The monoisotopic (exact) mass is 554 g/mol. The average molecular weight is 555 g/mol. The van der Waals surface area contributed by atoms with Crippen LogP contribution in [0.2, 0.25) is 10.0 Å². The first-order chi connectivity index (χ1) is 17.6. The summed E-state index contributed by atoms with van der Waals surface area (Å²) >= 11 is 11.8. The van der Waals surface area contributed by atoms with Crippen molar-refractivity contribution in [2.24, 2.45) is 0 Å². The molecule has 1 atom stereocenters. The number of aliphatic hydroxyl groups is 1. The summed E-state index contributed by atoms with van der Waals surface area (Å²) in [6.07, 6.45) is 1.64. The molecule has 3 N–H and O–H groups in total. The molecule has 0 radical (unpaired) electrons. The number of carbonyl (C=O) groups excluding carboxylic acids is 2. The number of halogens is 3. The van der Waals surface area contributed by atoms with E-state index in [9.17, 15) is 19.1 Å². The molecule has 37 heavy (non-hydrogen) atoms. The fourth-order valence-corrected chi connectivity index (χ4v) is 5.37. The lowest BCUT2D eigenvalue weighted by molar-refractivity contribution is -0.137. The molecule has 3 saturated carbocycles. The topological polar surface area (TPSA) is 106 Å². The highest BCUT2D eigenvalue weighted by Crippen LogP contribution is 2.47. The van der Waals surface area contributed by atoms with Gasteiger partial charge in [0.05, 0.1) is 23.3 Å². The first-order valence-corrected chi connectivity index (χ1v) is 12.7. The molecule has 3 aliphatic carbocycles. The first-order valence-electron chi connectivity index (χ1n) is 11.9. The molecular formula is C26H29Cl2FN2O6. The van der Waals surface area contributed by atoms with Gasteiger partial charge in [0.25, 0.3) is 11.8 Å². The maximum Gasteiger partial charge on any atom is 0.258 e. The summed E-state index contributed by atoms with van der Waals surface area (Å²) in [6.45, 7) is -0.185. The summed E-state index contributed by atoms with van der Waals surface area (Å²) < 4.78 is 29.7. The third-order valence-corrected chi connectivity index (χ3v) is 7.74. The smallest absolute Gasteiger partial charge is 0.258 e. The van der Waals surface area contributed by atoms with Gasteiger partial charge in [0, 0.05) is 23.7 Å². The number of benzene rings is 2. The van der Waals surface area contributed by atoms with Gasteiger partial charge >= 0.3 is 0 Å². The van der Waals surface area contributed by atoms with E-state index in [0.717, 1.165) is 11.6 Å². The number of aliphatic hydroxyl groups excluding tert-OH is 1. The molecule has 0 unspecified atom stereocenters. The Morgan fingerprint density at radius 3 is 2.16 bits per heavy atom. The van der Waals surface area contributed by atoms with Crippen molar-refractivity contribution in [2.45, 2.75) is 55.9 Å². The summed E-state index contributed by atoms with van der Waals surface area (Å²) in [5.41, 5.74) is -0.604. The van der Waals surface area contributed by atoms with Gasteiger partial charge in [0.2, 0.25) is 0 Å². The average Bonchev–Trinajstić information content (AvgIpc) is 2.86. The van der Waals surface area contributed by atoms with Gasteiger partial charge < -0.3 is 30.0 Å². The van der Waals surface area contributed by atoms with E-state index in [1.807, 2.05) is 0 Å². The highest BCUT2D eigenvalue weighted by Gasteiger charge is 2.55. The summed E-state index contributed by atoms with van der Waals surface area (Å²) in [7, 11) is 1.57. The van der Waals surface area contributed by atoms with Crippen LogP contribution in [-0.4, -0.2) is 54.4 Å². The summed E-state index contributed by atoms with van der Waals surface area (Å²) in [5, 5.41) is 17.4. The Morgan fingerprint density at radius 1 is 0.973 bits per heavy atom. The molecule has 2 bridgehead atoms. The van der Waals surface area contributed by atoms with Gasteiger partial charge in [-0.05, 0) is 68.0 Å². The van der Waals surface area contributed by atoms with Crippen molar-refractivity contribution >= 4 is 35.0 Å². The number of amides is 2. The molecule has 2 aromatic carbocycles. The Morgan fingerprint density at radius 2 is 1.57 bits per heavy atom. The second-order valence-corrected chi connectivity index (χ2v) is 10.4. The zero-order valence-corrected chi connectivity index (χ0v) is 21.8. The minimum absolute atomic E-state index is 0.0356. The molecule has 0 aliphatic heterocycles. The predicted octanol–water partition coefficient (Wildman–Crippen LogP) is 3.79. The SMILES string of the molecule is COCc1cc(OCC(=O)NC23CCC(NC(=O)COc4ccc(Cl)c(F)c4)(CC2)[C@@H](O)C3)ccc1Cl. The van der Waals surface area contributed by atoms with Gasteiger partial charge in [-0.25, -0.2) is 4.39 Å². The molecule has 0 aromatic heterocycles. The number of ether oxygens (including phenoxy) is 3. The van der Waals surface area contributed by atoms with Gasteiger partial charge in [-0.1, -0.05) is 23.2 Å². The van der Waals surface area contributed by atoms with Crippen molar-refractivity contribution in [3.8, 4) is 11.5 Å². The second-order valence-electron chi connectivity index (χ2n) is 9.59. The first kappa shape index (κ1) is 27.4. The van der Waals surface area contributed by atoms with Crippen LogP contribution in [0, 0.1) is 5.82 Å². The molecule has 2 aromatic rings. The van der Waals surface area contributed by atoms with E-state index in [1.165, 1.54) is 12.1 Å². The van der Waals surface area contributed by atoms with Crippen LogP contribution in [0.5, 0.6) is 11.5 Å². The molecule has 3 fully saturated rings. The molecule has 0 spiro atoms. The minimum Gasteiger partial charge on any atom is -0.484 e. The van der Waals surface area contributed by atoms with E-state index in [1.54, 1.807) is 25.3 Å². The maximum atomic E-state index is 13.6. The Hall–Kier alpha value is -2.59.